The maximum Gasteiger partial charge on any atom is 0.160 e. The van der Waals surface area contributed by atoms with Gasteiger partial charge in [0.15, 0.2) is 5.82 Å². The Labute approximate surface area is 313 Å². The number of rotatable bonds is 5. The van der Waals surface area contributed by atoms with E-state index in [1.807, 2.05) is 6.07 Å². The lowest BCUT2D eigenvalue weighted by Gasteiger charge is -2.35. The van der Waals surface area contributed by atoms with E-state index in [2.05, 4.69) is 199 Å². The first-order valence-electron chi connectivity index (χ1n) is 18.5. The minimum atomic E-state index is -0.700. The zero-order chi connectivity index (χ0) is 35.6. The first kappa shape index (κ1) is 30.5. The molecule has 0 radical (unpaired) electrons. The Hall–Kier alpha value is -7.10. The van der Waals surface area contributed by atoms with Crippen molar-refractivity contribution in [1.82, 2.24) is 14.5 Å². The van der Waals surface area contributed by atoms with Gasteiger partial charge in [0, 0.05) is 38.7 Å². The van der Waals surface area contributed by atoms with E-state index in [1.54, 1.807) is 0 Å². The second-order valence-electron chi connectivity index (χ2n) is 14.1. The average molecular weight is 688 g/mol. The highest BCUT2D eigenvalue weighted by Gasteiger charge is 2.49. The van der Waals surface area contributed by atoms with E-state index in [0.717, 1.165) is 45.2 Å². The zero-order valence-corrected chi connectivity index (χ0v) is 29.4. The van der Waals surface area contributed by atoms with E-state index in [-0.39, 0.29) is 0 Å². The third-order valence-corrected chi connectivity index (χ3v) is 11.3. The van der Waals surface area contributed by atoms with Crippen molar-refractivity contribution in [1.29, 1.82) is 0 Å². The van der Waals surface area contributed by atoms with Crippen LogP contribution in [0.5, 0.6) is 0 Å². The summed E-state index contributed by atoms with van der Waals surface area (Å²) in [6, 6.07) is 72.0. The van der Waals surface area contributed by atoms with Crippen LogP contribution in [0.1, 0.15) is 22.3 Å². The Morgan fingerprint density at radius 1 is 0.389 bits per heavy atom. The molecule has 3 nitrogen and oxygen atoms in total. The fraction of sp³-hybridized carbons (Fsp3) is 0.0196. The van der Waals surface area contributed by atoms with Gasteiger partial charge in [-0.1, -0.05) is 176 Å². The van der Waals surface area contributed by atoms with Gasteiger partial charge in [-0.3, -0.25) is 0 Å². The molecule has 11 rings (SSSR count). The predicted molar refractivity (Wildman–Crippen MR) is 222 cm³/mol. The van der Waals surface area contributed by atoms with Gasteiger partial charge in [-0.05, 0) is 51.7 Å². The van der Waals surface area contributed by atoms with Gasteiger partial charge in [0.1, 0.15) is 0 Å². The number of benzene rings is 8. The molecule has 0 amide bonds. The molecule has 1 aliphatic rings. The van der Waals surface area contributed by atoms with Crippen LogP contribution in [0, 0.1) is 0 Å². The molecule has 0 saturated carbocycles. The minimum absolute atomic E-state index is 0.700. The molecule has 54 heavy (non-hydrogen) atoms. The van der Waals surface area contributed by atoms with Crippen molar-refractivity contribution >= 4 is 32.6 Å². The number of fused-ring (bicyclic) bond motifs is 7. The Morgan fingerprint density at radius 2 is 0.907 bits per heavy atom. The summed E-state index contributed by atoms with van der Waals surface area (Å²) < 4.78 is 2.39. The largest absolute Gasteiger partial charge is 0.309 e. The maximum absolute atomic E-state index is 5.58. The molecule has 1 atom stereocenters. The van der Waals surface area contributed by atoms with Crippen LogP contribution in [-0.4, -0.2) is 14.5 Å². The highest BCUT2D eigenvalue weighted by atomic mass is 15.0. The molecular formula is C51H33N3. The van der Waals surface area contributed by atoms with E-state index in [9.17, 15) is 0 Å². The van der Waals surface area contributed by atoms with Gasteiger partial charge in [0.05, 0.1) is 27.8 Å². The molecule has 2 heterocycles. The highest BCUT2D eigenvalue weighted by molar-refractivity contribution is 6.09. The van der Waals surface area contributed by atoms with Crippen molar-refractivity contribution in [3.63, 3.8) is 0 Å². The zero-order valence-electron chi connectivity index (χ0n) is 29.4. The molecule has 2 aromatic heterocycles. The van der Waals surface area contributed by atoms with Crippen molar-refractivity contribution in [2.75, 3.05) is 0 Å². The molecule has 0 spiro atoms. The van der Waals surface area contributed by atoms with Gasteiger partial charge in [-0.25, -0.2) is 9.97 Å². The standard InChI is InChI=1S/C51H33N3/c1-3-17-35(18-4-1)50-52-48(42-26-15-19-34-16-7-8-22-39(34)42)47-49(53-50)43-25-9-12-27-44(43)51(47,36-20-5-2-6-21-36)37-30-32-38(33-31-37)54-45-28-13-10-23-40(45)41-24-11-14-29-46(41)54/h1-33H. The van der Waals surface area contributed by atoms with E-state index in [4.69, 9.17) is 9.97 Å². The summed E-state index contributed by atoms with van der Waals surface area (Å²) in [7, 11) is 0. The molecular weight excluding hydrogens is 655 g/mol. The third kappa shape index (κ3) is 4.36. The molecule has 252 valence electrons. The van der Waals surface area contributed by atoms with Crippen LogP contribution in [0.4, 0.5) is 0 Å². The van der Waals surface area contributed by atoms with Gasteiger partial charge in [-0.15, -0.1) is 0 Å². The van der Waals surface area contributed by atoms with E-state index >= 15 is 0 Å². The molecule has 0 aliphatic heterocycles. The second kappa shape index (κ2) is 12.0. The first-order chi connectivity index (χ1) is 26.8. The van der Waals surface area contributed by atoms with Gasteiger partial charge in [0.2, 0.25) is 0 Å². The lowest BCUT2D eigenvalue weighted by atomic mass is 9.67. The van der Waals surface area contributed by atoms with Crippen molar-refractivity contribution in [2.24, 2.45) is 0 Å². The van der Waals surface area contributed by atoms with Crippen molar-refractivity contribution in [3.8, 4) is 39.6 Å². The lowest BCUT2D eigenvalue weighted by Crippen LogP contribution is -2.30. The third-order valence-electron chi connectivity index (χ3n) is 11.3. The van der Waals surface area contributed by atoms with Crippen LogP contribution in [-0.2, 0) is 5.41 Å². The second-order valence-corrected chi connectivity index (χ2v) is 14.1. The highest BCUT2D eigenvalue weighted by Crippen LogP contribution is 2.58. The van der Waals surface area contributed by atoms with Crippen molar-refractivity contribution in [3.05, 3.63) is 222 Å². The summed E-state index contributed by atoms with van der Waals surface area (Å²) in [5.74, 6) is 0.720. The van der Waals surface area contributed by atoms with Gasteiger partial charge < -0.3 is 4.57 Å². The molecule has 0 saturated heterocycles. The molecule has 0 fully saturated rings. The molecule has 8 aromatic carbocycles. The predicted octanol–water partition coefficient (Wildman–Crippen LogP) is 12.4. The number of para-hydroxylation sites is 2. The molecule has 10 aromatic rings. The lowest BCUT2D eigenvalue weighted by molar-refractivity contribution is 0.763. The summed E-state index contributed by atoms with van der Waals surface area (Å²) >= 11 is 0. The summed E-state index contributed by atoms with van der Waals surface area (Å²) in [6.45, 7) is 0. The van der Waals surface area contributed by atoms with Crippen LogP contribution >= 0.6 is 0 Å². The fourth-order valence-corrected chi connectivity index (χ4v) is 9.02. The smallest absolute Gasteiger partial charge is 0.160 e. The Kier molecular flexibility index (Phi) is 6.77. The normalized spacial score (nSPS) is 14.7. The molecule has 1 aliphatic carbocycles. The summed E-state index contributed by atoms with van der Waals surface area (Å²) in [4.78, 5) is 11.1. The number of nitrogens with zero attached hydrogens (tertiary/aromatic N) is 3. The van der Waals surface area contributed by atoms with E-state index in [1.165, 1.54) is 49.3 Å². The van der Waals surface area contributed by atoms with Crippen LogP contribution in [0.25, 0.3) is 72.2 Å². The Balaban J connectivity index is 1.25. The average Bonchev–Trinajstić information content (AvgIpc) is 3.75. The number of hydrogen-bond donors (Lipinski definition) is 0. The molecule has 3 heteroatoms. The van der Waals surface area contributed by atoms with E-state index < -0.39 is 5.41 Å². The van der Waals surface area contributed by atoms with Crippen LogP contribution in [0.2, 0.25) is 0 Å². The fourth-order valence-electron chi connectivity index (χ4n) is 9.02. The van der Waals surface area contributed by atoms with Crippen molar-refractivity contribution in [2.45, 2.75) is 5.41 Å². The molecule has 0 N–H and O–H groups in total. The number of aromatic nitrogens is 3. The Bertz CT molecular complexity index is 2980. The quantitative estimate of drug-likeness (QED) is 0.180. The van der Waals surface area contributed by atoms with Crippen LogP contribution in [0.3, 0.4) is 0 Å². The van der Waals surface area contributed by atoms with Crippen LogP contribution < -0.4 is 0 Å². The van der Waals surface area contributed by atoms with E-state index in [0.29, 0.717) is 0 Å². The topological polar surface area (TPSA) is 30.7 Å². The van der Waals surface area contributed by atoms with Gasteiger partial charge in [0.25, 0.3) is 0 Å². The molecule has 0 bridgehead atoms. The maximum atomic E-state index is 5.58. The van der Waals surface area contributed by atoms with Crippen LogP contribution in [0.15, 0.2) is 200 Å². The van der Waals surface area contributed by atoms with Gasteiger partial charge in [-0.2, -0.15) is 0 Å². The number of hydrogen-bond acceptors (Lipinski definition) is 2. The summed E-state index contributed by atoms with van der Waals surface area (Å²) in [6.07, 6.45) is 0. The first-order valence-corrected chi connectivity index (χ1v) is 18.5. The monoisotopic (exact) mass is 687 g/mol. The van der Waals surface area contributed by atoms with Gasteiger partial charge >= 0.3 is 0 Å². The Morgan fingerprint density at radius 3 is 1.63 bits per heavy atom. The summed E-state index contributed by atoms with van der Waals surface area (Å²) in [5, 5.41) is 4.85. The summed E-state index contributed by atoms with van der Waals surface area (Å²) in [5.41, 5.74) is 12.6. The molecule has 1 unspecified atom stereocenters. The SMILES string of the molecule is c1ccc(-c2nc3c(c(-c4cccc5ccccc45)n2)C(c2ccccc2)(c2ccc(-n4c5ccccc5c5ccccc54)cc2)c2ccccc2-3)cc1. The minimum Gasteiger partial charge on any atom is -0.309 e. The van der Waals surface area contributed by atoms with Crippen molar-refractivity contribution < 1.29 is 0 Å².